The highest BCUT2D eigenvalue weighted by Gasteiger charge is 2.16. The van der Waals surface area contributed by atoms with Crippen LogP contribution in [0.25, 0.3) is 0 Å². The Balaban J connectivity index is 1.86. The molecule has 0 amide bonds. The summed E-state index contributed by atoms with van der Waals surface area (Å²) in [6, 6.07) is 8.49. The van der Waals surface area contributed by atoms with Gasteiger partial charge in [0.2, 0.25) is 0 Å². The van der Waals surface area contributed by atoms with E-state index in [-0.39, 0.29) is 0 Å². The van der Waals surface area contributed by atoms with Crippen molar-refractivity contribution in [2.45, 2.75) is 6.42 Å². The largest absolute Gasteiger partial charge is 0.496 e. The Morgan fingerprint density at radius 1 is 1.60 bits per heavy atom. The van der Waals surface area contributed by atoms with Crippen molar-refractivity contribution in [1.82, 2.24) is 0 Å². The quantitative estimate of drug-likeness (QED) is 0.754. The summed E-state index contributed by atoms with van der Waals surface area (Å²) in [6.45, 7) is 2.39. The van der Waals surface area contributed by atoms with Crippen molar-refractivity contribution in [2.75, 3.05) is 26.9 Å². The third kappa shape index (κ3) is 2.86. The predicted molar refractivity (Wildman–Crippen MR) is 56.3 cm³/mol. The molecule has 0 saturated carbocycles. The molecule has 1 atom stereocenters. The first-order valence-corrected chi connectivity index (χ1v) is 5.15. The minimum atomic E-state index is 0.528. The average molecular weight is 207 g/mol. The highest BCUT2D eigenvalue weighted by molar-refractivity contribution is 5.31. The number of hydrogen-bond acceptors (Lipinski definition) is 3. The van der Waals surface area contributed by atoms with E-state index in [0.29, 0.717) is 18.3 Å². The summed E-state index contributed by atoms with van der Waals surface area (Å²) in [5.41, 5.74) is 0. The lowest BCUT2D eigenvalue weighted by Gasteiger charge is -2.10. The topological polar surface area (TPSA) is 27.7 Å². The Kier molecular flexibility index (Phi) is 3.45. The zero-order valence-corrected chi connectivity index (χ0v) is 8.86. The Hall–Kier alpha value is -1.22. The van der Waals surface area contributed by atoms with Crippen LogP contribution in [0.3, 0.4) is 0 Å². The van der Waals surface area contributed by atoms with Gasteiger partial charge >= 0.3 is 0 Å². The van der Waals surface area contributed by atoms with E-state index >= 15 is 0 Å². The second kappa shape index (κ2) is 5.03. The van der Waals surface area contributed by atoms with Gasteiger partial charge in [0.25, 0.3) is 0 Å². The van der Waals surface area contributed by atoms with Crippen molar-refractivity contribution in [3.8, 4) is 11.5 Å². The molecule has 1 aliphatic rings. The van der Waals surface area contributed by atoms with E-state index in [0.717, 1.165) is 25.4 Å². The molecule has 0 aliphatic carbocycles. The number of hydrogen-bond donors (Lipinski definition) is 0. The summed E-state index contributed by atoms with van der Waals surface area (Å²) in [7, 11) is 1.63. The van der Waals surface area contributed by atoms with Crippen LogP contribution >= 0.6 is 0 Å². The minimum Gasteiger partial charge on any atom is -0.496 e. The zero-order valence-electron chi connectivity index (χ0n) is 8.86. The Morgan fingerprint density at radius 3 is 3.27 bits per heavy atom. The van der Waals surface area contributed by atoms with Crippen LogP contribution in [0.4, 0.5) is 0 Å². The second-order valence-corrected chi connectivity index (χ2v) is 3.63. The lowest BCUT2D eigenvalue weighted by Crippen LogP contribution is -2.11. The highest BCUT2D eigenvalue weighted by atomic mass is 16.5. The van der Waals surface area contributed by atoms with Crippen molar-refractivity contribution >= 4 is 0 Å². The molecular weight excluding hydrogens is 192 g/mol. The van der Waals surface area contributed by atoms with Gasteiger partial charge in [-0.3, -0.25) is 0 Å². The molecule has 15 heavy (non-hydrogen) atoms. The standard InChI is InChI=1S/C12H15O3/c1-13-11-3-2-4-12(7-11)15-9-10-5-6-14-8-10/h2,4,7,10H,5-6,8-9H2,1H3. The van der Waals surface area contributed by atoms with Gasteiger partial charge in [-0.05, 0) is 18.6 Å². The maximum absolute atomic E-state index is 5.65. The van der Waals surface area contributed by atoms with E-state index in [1.54, 1.807) is 13.2 Å². The lowest BCUT2D eigenvalue weighted by atomic mass is 10.1. The molecule has 1 aromatic rings. The van der Waals surface area contributed by atoms with E-state index in [1.807, 2.05) is 12.1 Å². The summed E-state index contributed by atoms with van der Waals surface area (Å²) in [4.78, 5) is 0. The van der Waals surface area contributed by atoms with Crippen LogP contribution in [-0.4, -0.2) is 26.9 Å². The lowest BCUT2D eigenvalue weighted by molar-refractivity contribution is 0.167. The van der Waals surface area contributed by atoms with Crippen molar-refractivity contribution in [3.05, 3.63) is 24.3 Å². The van der Waals surface area contributed by atoms with Crippen LogP contribution in [0.15, 0.2) is 18.2 Å². The maximum atomic E-state index is 5.65. The molecule has 0 N–H and O–H groups in total. The number of methoxy groups -OCH3 is 1. The van der Waals surface area contributed by atoms with Crippen LogP contribution in [0.1, 0.15) is 6.42 Å². The summed E-state index contributed by atoms with van der Waals surface area (Å²) < 4.78 is 16.0. The first kappa shape index (κ1) is 10.3. The molecule has 81 valence electrons. The molecule has 0 spiro atoms. The third-order valence-electron chi connectivity index (χ3n) is 2.48. The van der Waals surface area contributed by atoms with E-state index < -0.39 is 0 Å². The van der Waals surface area contributed by atoms with E-state index in [4.69, 9.17) is 14.2 Å². The number of benzene rings is 1. The van der Waals surface area contributed by atoms with Crippen LogP contribution in [0, 0.1) is 12.0 Å². The summed E-state index contributed by atoms with van der Waals surface area (Å²) in [5, 5.41) is 0. The summed E-state index contributed by atoms with van der Waals surface area (Å²) in [6.07, 6.45) is 1.09. The second-order valence-electron chi connectivity index (χ2n) is 3.63. The average Bonchev–Trinajstić information content (AvgIpc) is 2.79. The van der Waals surface area contributed by atoms with E-state index in [1.165, 1.54) is 0 Å². The van der Waals surface area contributed by atoms with Crippen molar-refractivity contribution < 1.29 is 14.2 Å². The Labute approximate surface area is 90.0 Å². The molecule has 1 heterocycles. The molecule has 1 fully saturated rings. The molecule has 3 nitrogen and oxygen atoms in total. The first-order valence-electron chi connectivity index (χ1n) is 5.15. The van der Waals surface area contributed by atoms with Crippen molar-refractivity contribution in [2.24, 2.45) is 5.92 Å². The summed E-state index contributed by atoms with van der Waals surface area (Å²) in [5.74, 6) is 2.06. The SMILES string of the molecule is COc1[c]ccc(OCC2CCOC2)c1. The van der Waals surface area contributed by atoms with E-state index in [9.17, 15) is 0 Å². The molecule has 1 aliphatic heterocycles. The van der Waals surface area contributed by atoms with Crippen molar-refractivity contribution in [3.63, 3.8) is 0 Å². The normalized spacial score (nSPS) is 20.2. The monoisotopic (exact) mass is 207 g/mol. The number of rotatable bonds is 4. The highest BCUT2D eigenvalue weighted by Crippen LogP contribution is 2.20. The van der Waals surface area contributed by atoms with Crippen LogP contribution in [0.5, 0.6) is 11.5 Å². The molecular formula is C12H15O3. The van der Waals surface area contributed by atoms with Gasteiger partial charge in [0.1, 0.15) is 11.5 Å². The molecule has 1 saturated heterocycles. The van der Waals surface area contributed by atoms with Crippen LogP contribution in [-0.2, 0) is 4.74 Å². The van der Waals surface area contributed by atoms with Gasteiger partial charge in [-0.25, -0.2) is 0 Å². The fraction of sp³-hybridized carbons (Fsp3) is 0.500. The van der Waals surface area contributed by atoms with E-state index in [2.05, 4.69) is 6.07 Å². The zero-order chi connectivity index (χ0) is 10.5. The smallest absolute Gasteiger partial charge is 0.130 e. The number of ether oxygens (including phenoxy) is 3. The fourth-order valence-corrected chi connectivity index (χ4v) is 1.56. The predicted octanol–water partition coefficient (Wildman–Crippen LogP) is 1.91. The van der Waals surface area contributed by atoms with Gasteiger partial charge in [-0.1, -0.05) is 0 Å². The Morgan fingerprint density at radius 2 is 2.53 bits per heavy atom. The molecule has 3 heteroatoms. The van der Waals surface area contributed by atoms with Gasteiger partial charge in [-0.2, -0.15) is 0 Å². The minimum absolute atomic E-state index is 0.528. The van der Waals surface area contributed by atoms with Crippen molar-refractivity contribution in [1.29, 1.82) is 0 Å². The van der Waals surface area contributed by atoms with Crippen LogP contribution in [0.2, 0.25) is 0 Å². The van der Waals surface area contributed by atoms with Crippen LogP contribution < -0.4 is 9.47 Å². The third-order valence-corrected chi connectivity index (χ3v) is 2.48. The summed E-state index contributed by atoms with van der Waals surface area (Å²) >= 11 is 0. The van der Waals surface area contributed by atoms with Gasteiger partial charge < -0.3 is 14.2 Å². The first-order chi connectivity index (χ1) is 7.38. The molecule has 1 radical (unpaired) electrons. The molecule has 1 unspecified atom stereocenters. The molecule has 0 bridgehead atoms. The van der Waals surface area contributed by atoms with Gasteiger partial charge in [-0.15, -0.1) is 0 Å². The molecule has 0 aromatic heterocycles. The van der Waals surface area contributed by atoms with Gasteiger partial charge in [0, 0.05) is 24.7 Å². The maximum Gasteiger partial charge on any atom is 0.130 e. The van der Waals surface area contributed by atoms with Gasteiger partial charge in [0.15, 0.2) is 0 Å². The molecule has 1 aromatic carbocycles. The van der Waals surface area contributed by atoms with Gasteiger partial charge in [0.05, 0.1) is 20.3 Å². The molecule has 2 rings (SSSR count). The Bertz CT molecular complexity index is 305. The fourth-order valence-electron chi connectivity index (χ4n) is 1.56.